The summed E-state index contributed by atoms with van der Waals surface area (Å²) < 4.78 is 0. The van der Waals surface area contributed by atoms with E-state index in [9.17, 15) is 0 Å². The van der Waals surface area contributed by atoms with Gasteiger partial charge in [0.15, 0.2) is 0 Å². The molecule has 0 saturated heterocycles. The zero-order valence-electron chi connectivity index (χ0n) is 10.2. The van der Waals surface area contributed by atoms with Crippen molar-refractivity contribution in [1.29, 1.82) is 0 Å². The molecule has 0 amide bonds. The van der Waals surface area contributed by atoms with Crippen molar-refractivity contribution in [3.05, 3.63) is 35.4 Å². The fourth-order valence-corrected chi connectivity index (χ4v) is 1.70. The first-order valence-corrected chi connectivity index (χ1v) is 6.02. The fraction of sp³-hybridized carbons (Fsp3) is 0.571. The van der Waals surface area contributed by atoms with Crippen LogP contribution in [0.25, 0.3) is 0 Å². The van der Waals surface area contributed by atoms with E-state index in [1.165, 1.54) is 24.0 Å². The van der Waals surface area contributed by atoms with Crippen molar-refractivity contribution in [2.75, 3.05) is 6.54 Å². The molecule has 0 saturated carbocycles. The third-order valence-electron chi connectivity index (χ3n) is 3.04. The Bertz CT molecular complexity index is 259. The first kappa shape index (κ1) is 12.3. The Balaban J connectivity index is 2.28. The number of nitrogens with one attached hydrogen (secondary N) is 1. The molecule has 0 bridgehead atoms. The topological polar surface area (TPSA) is 12.0 Å². The van der Waals surface area contributed by atoms with Crippen molar-refractivity contribution in [1.82, 2.24) is 5.32 Å². The van der Waals surface area contributed by atoms with Crippen LogP contribution in [0, 0.1) is 12.8 Å². The second-order valence-electron chi connectivity index (χ2n) is 4.30. The van der Waals surface area contributed by atoms with E-state index in [4.69, 9.17) is 0 Å². The number of aryl methyl sites for hydroxylation is 1. The van der Waals surface area contributed by atoms with Gasteiger partial charge in [-0.3, -0.25) is 0 Å². The van der Waals surface area contributed by atoms with E-state index in [0.29, 0.717) is 0 Å². The molecule has 0 aromatic heterocycles. The maximum atomic E-state index is 3.52. The van der Waals surface area contributed by atoms with Crippen molar-refractivity contribution in [2.45, 2.75) is 40.2 Å². The van der Waals surface area contributed by atoms with Crippen molar-refractivity contribution in [3.63, 3.8) is 0 Å². The molecule has 1 aromatic rings. The average molecular weight is 205 g/mol. The molecule has 0 aliphatic carbocycles. The Labute approximate surface area is 93.9 Å². The summed E-state index contributed by atoms with van der Waals surface area (Å²) >= 11 is 0. The summed E-state index contributed by atoms with van der Waals surface area (Å²) in [7, 11) is 0. The van der Waals surface area contributed by atoms with E-state index in [1.54, 1.807) is 0 Å². The van der Waals surface area contributed by atoms with Gasteiger partial charge in [0, 0.05) is 6.54 Å². The third kappa shape index (κ3) is 4.48. The second kappa shape index (κ2) is 6.62. The summed E-state index contributed by atoms with van der Waals surface area (Å²) in [4.78, 5) is 0. The number of rotatable bonds is 6. The van der Waals surface area contributed by atoms with Gasteiger partial charge in [0.25, 0.3) is 0 Å². The zero-order valence-corrected chi connectivity index (χ0v) is 10.2. The lowest BCUT2D eigenvalue weighted by Gasteiger charge is -2.13. The standard InChI is InChI=1S/C14H23N/c1-4-13(5-2)10-15-11-14-8-6-12(3)7-9-14/h6-9,13,15H,4-5,10-11H2,1-3H3. The second-order valence-corrected chi connectivity index (χ2v) is 4.30. The fourth-order valence-electron chi connectivity index (χ4n) is 1.70. The number of hydrogen-bond acceptors (Lipinski definition) is 1. The van der Waals surface area contributed by atoms with Crippen LogP contribution in [0.15, 0.2) is 24.3 Å². The smallest absolute Gasteiger partial charge is 0.0205 e. The molecule has 1 N–H and O–H groups in total. The van der Waals surface area contributed by atoms with Gasteiger partial charge in [0.05, 0.1) is 0 Å². The van der Waals surface area contributed by atoms with Gasteiger partial charge in [0.2, 0.25) is 0 Å². The van der Waals surface area contributed by atoms with Gasteiger partial charge in [-0.1, -0.05) is 56.5 Å². The highest BCUT2D eigenvalue weighted by Gasteiger charge is 2.01. The molecule has 0 atom stereocenters. The van der Waals surface area contributed by atoms with Crippen LogP contribution in [0.5, 0.6) is 0 Å². The minimum Gasteiger partial charge on any atom is -0.312 e. The summed E-state index contributed by atoms with van der Waals surface area (Å²) in [5.41, 5.74) is 2.71. The number of hydrogen-bond donors (Lipinski definition) is 1. The lowest BCUT2D eigenvalue weighted by Crippen LogP contribution is -2.21. The van der Waals surface area contributed by atoms with Crippen LogP contribution in [-0.4, -0.2) is 6.54 Å². The molecule has 1 heteroatoms. The predicted octanol–water partition coefficient (Wildman–Crippen LogP) is 3.52. The Kier molecular flexibility index (Phi) is 5.41. The molecule has 84 valence electrons. The summed E-state index contributed by atoms with van der Waals surface area (Å²) in [5, 5.41) is 3.52. The van der Waals surface area contributed by atoms with Gasteiger partial charge in [-0.25, -0.2) is 0 Å². The van der Waals surface area contributed by atoms with Crippen molar-refractivity contribution >= 4 is 0 Å². The summed E-state index contributed by atoms with van der Waals surface area (Å²) in [6, 6.07) is 8.76. The molecular weight excluding hydrogens is 182 g/mol. The first-order valence-electron chi connectivity index (χ1n) is 6.02. The maximum Gasteiger partial charge on any atom is 0.0205 e. The quantitative estimate of drug-likeness (QED) is 0.749. The Morgan fingerprint density at radius 2 is 1.67 bits per heavy atom. The van der Waals surface area contributed by atoms with Crippen LogP contribution in [0.4, 0.5) is 0 Å². The molecule has 1 aromatic carbocycles. The lowest BCUT2D eigenvalue weighted by molar-refractivity contribution is 0.449. The van der Waals surface area contributed by atoms with E-state index in [0.717, 1.165) is 19.0 Å². The summed E-state index contributed by atoms with van der Waals surface area (Å²) in [6.07, 6.45) is 2.55. The van der Waals surface area contributed by atoms with E-state index < -0.39 is 0 Å². The lowest BCUT2D eigenvalue weighted by atomic mass is 10.0. The van der Waals surface area contributed by atoms with Gasteiger partial charge >= 0.3 is 0 Å². The van der Waals surface area contributed by atoms with Gasteiger partial charge < -0.3 is 5.32 Å². The largest absolute Gasteiger partial charge is 0.312 e. The Morgan fingerprint density at radius 1 is 1.07 bits per heavy atom. The molecule has 1 rings (SSSR count). The number of benzene rings is 1. The van der Waals surface area contributed by atoms with Crippen LogP contribution < -0.4 is 5.32 Å². The molecule has 1 nitrogen and oxygen atoms in total. The Hall–Kier alpha value is -0.820. The highest BCUT2D eigenvalue weighted by Crippen LogP contribution is 2.06. The van der Waals surface area contributed by atoms with Crippen molar-refractivity contribution in [3.8, 4) is 0 Å². The maximum absolute atomic E-state index is 3.52. The van der Waals surface area contributed by atoms with Gasteiger partial charge in [0.1, 0.15) is 0 Å². The highest BCUT2D eigenvalue weighted by atomic mass is 14.9. The molecule has 0 heterocycles. The van der Waals surface area contributed by atoms with Crippen LogP contribution in [0.2, 0.25) is 0 Å². The third-order valence-corrected chi connectivity index (χ3v) is 3.04. The van der Waals surface area contributed by atoms with E-state index >= 15 is 0 Å². The van der Waals surface area contributed by atoms with E-state index in [-0.39, 0.29) is 0 Å². The summed E-state index contributed by atoms with van der Waals surface area (Å²) in [5.74, 6) is 0.829. The normalized spacial score (nSPS) is 10.9. The highest BCUT2D eigenvalue weighted by molar-refractivity contribution is 5.20. The van der Waals surface area contributed by atoms with E-state index in [2.05, 4.69) is 50.4 Å². The molecular formula is C14H23N. The van der Waals surface area contributed by atoms with Crippen molar-refractivity contribution in [2.24, 2.45) is 5.92 Å². The average Bonchev–Trinajstić information content (AvgIpc) is 2.27. The van der Waals surface area contributed by atoms with Crippen LogP contribution in [0.3, 0.4) is 0 Å². The molecule has 0 aliphatic rings. The SMILES string of the molecule is CCC(CC)CNCc1ccc(C)cc1. The van der Waals surface area contributed by atoms with Gasteiger partial charge in [-0.15, -0.1) is 0 Å². The molecule has 15 heavy (non-hydrogen) atoms. The molecule has 0 unspecified atom stereocenters. The summed E-state index contributed by atoms with van der Waals surface area (Å²) in [6.45, 7) is 8.79. The van der Waals surface area contributed by atoms with Gasteiger partial charge in [-0.2, -0.15) is 0 Å². The molecule has 0 spiro atoms. The molecule has 0 aliphatic heterocycles. The first-order chi connectivity index (χ1) is 7.26. The van der Waals surface area contributed by atoms with Crippen molar-refractivity contribution < 1.29 is 0 Å². The molecule has 0 fully saturated rings. The Morgan fingerprint density at radius 3 is 2.20 bits per heavy atom. The zero-order chi connectivity index (χ0) is 11.1. The van der Waals surface area contributed by atoms with E-state index in [1.807, 2.05) is 0 Å². The van der Waals surface area contributed by atoms with Gasteiger partial charge in [-0.05, 0) is 24.9 Å². The predicted molar refractivity (Wildman–Crippen MR) is 67.0 cm³/mol. The van der Waals surface area contributed by atoms with Crippen LogP contribution in [0.1, 0.15) is 37.8 Å². The minimum absolute atomic E-state index is 0.829. The van der Waals surface area contributed by atoms with Crippen LogP contribution >= 0.6 is 0 Å². The molecule has 0 radical (unpaired) electrons. The monoisotopic (exact) mass is 205 g/mol. The minimum atomic E-state index is 0.829. The van der Waals surface area contributed by atoms with Crippen LogP contribution in [-0.2, 0) is 6.54 Å².